The standard InChI is InChI=1S/C11H19N5O/c1-11(4-2-3-5-11)13-10(17)8-16-7-9(6-12)14-15-16/h7H,2-6,8,12H2,1H3,(H,13,17). The van der Waals surface area contributed by atoms with Crippen molar-refractivity contribution in [2.45, 2.75) is 51.2 Å². The summed E-state index contributed by atoms with van der Waals surface area (Å²) in [5.41, 5.74) is 6.10. The molecule has 6 nitrogen and oxygen atoms in total. The van der Waals surface area contributed by atoms with Crippen molar-refractivity contribution in [1.82, 2.24) is 20.3 Å². The predicted octanol–water partition coefficient (Wildman–Crippen LogP) is 0.186. The molecule has 1 amide bonds. The minimum Gasteiger partial charge on any atom is -0.349 e. The highest BCUT2D eigenvalue weighted by molar-refractivity contribution is 5.76. The van der Waals surface area contributed by atoms with Crippen molar-refractivity contribution in [3.8, 4) is 0 Å². The van der Waals surface area contributed by atoms with Crippen molar-refractivity contribution in [3.05, 3.63) is 11.9 Å². The summed E-state index contributed by atoms with van der Waals surface area (Å²) in [6.45, 7) is 2.66. The van der Waals surface area contributed by atoms with E-state index >= 15 is 0 Å². The molecule has 0 atom stereocenters. The molecule has 0 aromatic carbocycles. The van der Waals surface area contributed by atoms with Gasteiger partial charge >= 0.3 is 0 Å². The monoisotopic (exact) mass is 237 g/mol. The van der Waals surface area contributed by atoms with Crippen LogP contribution in [-0.4, -0.2) is 26.4 Å². The second-order valence-corrected chi connectivity index (χ2v) is 4.93. The van der Waals surface area contributed by atoms with Crippen LogP contribution in [0.3, 0.4) is 0 Å². The SMILES string of the molecule is CC1(NC(=O)Cn2cc(CN)nn2)CCCC1. The van der Waals surface area contributed by atoms with Crippen LogP contribution in [0.2, 0.25) is 0 Å². The van der Waals surface area contributed by atoms with Crippen molar-refractivity contribution in [1.29, 1.82) is 0 Å². The Balaban J connectivity index is 1.88. The second-order valence-electron chi connectivity index (χ2n) is 4.93. The minimum atomic E-state index is -0.0334. The van der Waals surface area contributed by atoms with Gasteiger partial charge in [-0.1, -0.05) is 18.1 Å². The van der Waals surface area contributed by atoms with Gasteiger partial charge in [-0.05, 0) is 19.8 Å². The van der Waals surface area contributed by atoms with Crippen molar-refractivity contribution < 1.29 is 4.79 Å². The molecule has 1 aliphatic rings. The molecule has 0 spiro atoms. The van der Waals surface area contributed by atoms with Gasteiger partial charge in [-0.2, -0.15) is 0 Å². The number of hydrogen-bond acceptors (Lipinski definition) is 4. The Kier molecular flexibility index (Phi) is 3.42. The van der Waals surface area contributed by atoms with E-state index in [1.807, 2.05) is 0 Å². The molecule has 1 heterocycles. The first-order valence-corrected chi connectivity index (χ1v) is 6.01. The third kappa shape index (κ3) is 3.03. The van der Waals surface area contributed by atoms with Crippen molar-refractivity contribution in [2.75, 3.05) is 0 Å². The number of rotatable bonds is 4. The molecule has 1 aromatic rings. The van der Waals surface area contributed by atoms with Crippen LogP contribution < -0.4 is 11.1 Å². The van der Waals surface area contributed by atoms with E-state index in [4.69, 9.17) is 5.73 Å². The fourth-order valence-corrected chi connectivity index (χ4v) is 2.31. The molecule has 0 saturated heterocycles. The lowest BCUT2D eigenvalue weighted by Crippen LogP contribution is -2.45. The normalized spacial score (nSPS) is 18.2. The predicted molar refractivity (Wildman–Crippen MR) is 62.9 cm³/mol. The van der Waals surface area contributed by atoms with E-state index < -0.39 is 0 Å². The van der Waals surface area contributed by atoms with Crippen LogP contribution in [0.1, 0.15) is 38.3 Å². The van der Waals surface area contributed by atoms with Crippen molar-refractivity contribution in [3.63, 3.8) is 0 Å². The zero-order chi connectivity index (χ0) is 12.3. The molecule has 3 N–H and O–H groups in total. The van der Waals surface area contributed by atoms with E-state index in [0.717, 1.165) is 12.8 Å². The molecule has 17 heavy (non-hydrogen) atoms. The Morgan fingerprint density at radius 3 is 2.88 bits per heavy atom. The molecule has 0 aliphatic heterocycles. The fourth-order valence-electron chi connectivity index (χ4n) is 2.31. The third-order valence-corrected chi connectivity index (χ3v) is 3.25. The maximum atomic E-state index is 11.8. The first-order valence-electron chi connectivity index (χ1n) is 6.01. The summed E-state index contributed by atoms with van der Waals surface area (Å²) >= 11 is 0. The van der Waals surface area contributed by atoms with Crippen LogP contribution in [0, 0.1) is 0 Å². The van der Waals surface area contributed by atoms with Crippen LogP contribution in [0.25, 0.3) is 0 Å². The van der Waals surface area contributed by atoms with E-state index in [9.17, 15) is 4.79 Å². The average molecular weight is 237 g/mol. The summed E-state index contributed by atoms with van der Waals surface area (Å²) < 4.78 is 1.52. The summed E-state index contributed by atoms with van der Waals surface area (Å²) in [5, 5.41) is 10.8. The highest BCUT2D eigenvalue weighted by atomic mass is 16.2. The summed E-state index contributed by atoms with van der Waals surface area (Å²) in [5.74, 6) is -0.0112. The van der Waals surface area contributed by atoms with Crippen LogP contribution in [0.15, 0.2) is 6.20 Å². The van der Waals surface area contributed by atoms with Gasteiger partial charge in [0.05, 0.1) is 11.9 Å². The van der Waals surface area contributed by atoms with E-state index in [1.54, 1.807) is 6.20 Å². The van der Waals surface area contributed by atoms with Gasteiger partial charge in [0.1, 0.15) is 6.54 Å². The molecular weight excluding hydrogens is 218 g/mol. The molecule has 1 fully saturated rings. The molecule has 1 aliphatic carbocycles. The zero-order valence-electron chi connectivity index (χ0n) is 10.1. The number of nitrogens with two attached hydrogens (primary N) is 1. The Hall–Kier alpha value is -1.43. The summed E-state index contributed by atoms with van der Waals surface area (Å²) in [6.07, 6.45) is 6.21. The quantitative estimate of drug-likeness (QED) is 0.782. The third-order valence-electron chi connectivity index (χ3n) is 3.25. The van der Waals surface area contributed by atoms with E-state index in [1.165, 1.54) is 17.5 Å². The van der Waals surface area contributed by atoms with Crippen molar-refractivity contribution >= 4 is 5.91 Å². The van der Waals surface area contributed by atoms with E-state index in [0.29, 0.717) is 12.2 Å². The van der Waals surface area contributed by atoms with Gasteiger partial charge < -0.3 is 11.1 Å². The Morgan fingerprint density at radius 2 is 2.29 bits per heavy atom. The largest absolute Gasteiger partial charge is 0.349 e. The molecule has 6 heteroatoms. The van der Waals surface area contributed by atoms with Gasteiger partial charge in [0, 0.05) is 12.1 Å². The molecule has 1 aromatic heterocycles. The lowest BCUT2D eigenvalue weighted by molar-refractivity contribution is -0.123. The molecular formula is C11H19N5O. The number of amides is 1. The maximum absolute atomic E-state index is 11.8. The molecule has 0 unspecified atom stereocenters. The smallest absolute Gasteiger partial charge is 0.242 e. The van der Waals surface area contributed by atoms with Gasteiger partial charge in [-0.25, -0.2) is 4.68 Å². The number of hydrogen-bond donors (Lipinski definition) is 2. The minimum absolute atomic E-state index is 0.0112. The van der Waals surface area contributed by atoms with E-state index in [2.05, 4.69) is 22.6 Å². The summed E-state index contributed by atoms with van der Waals surface area (Å²) in [7, 11) is 0. The Bertz CT molecular complexity index is 394. The summed E-state index contributed by atoms with van der Waals surface area (Å²) in [4.78, 5) is 11.8. The lowest BCUT2D eigenvalue weighted by Gasteiger charge is -2.25. The zero-order valence-corrected chi connectivity index (χ0v) is 10.1. The first kappa shape index (κ1) is 12.0. The first-order chi connectivity index (χ1) is 8.11. The lowest BCUT2D eigenvalue weighted by atomic mass is 10.0. The average Bonchev–Trinajstić information content (AvgIpc) is 2.87. The number of nitrogens with one attached hydrogen (secondary N) is 1. The van der Waals surface area contributed by atoms with Crippen LogP contribution >= 0.6 is 0 Å². The van der Waals surface area contributed by atoms with Crippen molar-refractivity contribution in [2.24, 2.45) is 5.73 Å². The topological polar surface area (TPSA) is 85.8 Å². The second kappa shape index (κ2) is 4.83. The fraction of sp³-hybridized carbons (Fsp3) is 0.727. The van der Waals surface area contributed by atoms with Gasteiger partial charge in [0.2, 0.25) is 5.91 Å². The molecule has 0 bridgehead atoms. The number of aromatic nitrogens is 3. The highest BCUT2D eigenvalue weighted by Crippen LogP contribution is 2.28. The maximum Gasteiger partial charge on any atom is 0.242 e. The number of carbonyl (C=O) groups is 1. The number of carbonyl (C=O) groups excluding carboxylic acids is 1. The molecule has 0 radical (unpaired) electrons. The highest BCUT2D eigenvalue weighted by Gasteiger charge is 2.29. The van der Waals surface area contributed by atoms with Gasteiger partial charge in [-0.15, -0.1) is 5.10 Å². The summed E-state index contributed by atoms with van der Waals surface area (Å²) in [6, 6.07) is 0. The van der Waals surface area contributed by atoms with Crippen LogP contribution in [0.4, 0.5) is 0 Å². The molecule has 94 valence electrons. The molecule has 2 rings (SSSR count). The Morgan fingerprint density at radius 1 is 1.59 bits per heavy atom. The van der Waals surface area contributed by atoms with Crippen LogP contribution in [-0.2, 0) is 17.9 Å². The van der Waals surface area contributed by atoms with Crippen LogP contribution in [0.5, 0.6) is 0 Å². The Labute approximate surface area is 101 Å². The molecule has 1 saturated carbocycles. The number of nitrogens with zero attached hydrogens (tertiary/aromatic N) is 3. The van der Waals surface area contributed by atoms with Gasteiger partial charge in [0.15, 0.2) is 0 Å². The van der Waals surface area contributed by atoms with E-state index in [-0.39, 0.29) is 18.0 Å². The van der Waals surface area contributed by atoms with Gasteiger partial charge in [-0.3, -0.25) is 4.79 Å². The van der Waals surface area contributed by atoms with Gasteiger partial charge in [0.25, 0.3) is 0 Å².